The van der Waals surface area contributed by atoms with E-state index in [4.69, 9.17) is 9.84 Å². The maximum Gasteiger partial charge on any atom is 0.416 e. The second-order valence-electron chi connectivity index (χ2n) is 8.71. The number of alkyl halides is 3. The van der Waals surface area contributed by atoms with E-state index in [1.165, 1.54) is 23.9 Å². The van der Waals surface area contributed by atoms with E-state index in [1.807, 2.05) is 29.2 Å². The van der Waals surface area contributed by atoms with Crippen LogP contribution in [0, 0.1) is 0 Å². The molecular weight excluding hydrogens is 449 g/mol. The van der Waals surface area contributed by atoms with Gasteiger partial charge in [0.25, 0.3) is 0 Å². The van der Waals surface area contributed by atoms with E-state index < -0.39 is 11.7 Å². The standard InChI is InChI=1S/C25H31F3N2O2S/c1-2-24(32-17-16-31)10-14-29(15-11-24)12-5-13-30-20-6-3-4-7-22(20)33-23-9-8-19(18-21(23)30)25(26,27)28/h3-4,6-9,18,31H,2,5,10-17H2,1H3. The first-order valence-electron chi connectivity index (χ1n) is 11.6. The van der Waals surface area contributed by atoms with Crippen LogP contribution in [0.1, 0.15) is 38.2 Å². The van der Waals surface area contributed by atoms with E-state index in [1.54, 1.807) is 6.07 Å². The van der Waals surface area contributed by atoms with Crippen molar-refractivity contribution in [3.8, 4) is 0 Å². The van der Waals surface area contributed by atoms with Crippen molar-refractivity contribution in [2.75, 3.05) is 44.3 Å². The van der Waals surface area contributed by atoms with Crippen LogP contribution >= 0.6 is 11.8 Å². The van der Waals surface area contributed by atoms with Crippen LogP contribution in [0.5, 0.6) is 0 Å². The molecule has 1 saturated heterocycles. The van der Waals surface area contributed by atoms with Crippen LogP contribution in [0.3, 0.4) is 0 Å². The topological polar surface area (TPSA) is 35.9 Å². The second kappa shape index (κ2) is 10.3. The van der Waals surface area contributed by atoms with E-state index >= 15 is 0 Å². The second-order valence-corrected chi connectivity index (χ2v) is 9.79. The fourth-order valence-electron chi connectivity index (χ4n) is 4.75. The van der Waals surface area contributed by atoms with Gasteiger partial charge in [0.1, 0.15) is 0 Å². The third kappa shape index (κ3) is 5.50. The zero-order chi connectivity index (χ0) is 23.5. The largest absolute Gasteiger partial charge is 0.416 e. The SMILES string of the molecule is CCC1(OCCO)CCN(CCCN2c3ccccc3Sc3ccc(C(F)(F)F)cc32)CC1. The number of benzene rings is 2. The summed E-state index contributed by atoms with van der Waals surface area (Å²) in [5.74, 6) is 0. The molecule has 2 aromatic rings. The number of anilines is 2. The van der Waals surface area contributed by atoms with Crippen molar-refractivity contribution in [1.29, 1.82) is 0 Å². The maximum absolute atomic E-state index is 13.4. The third-order valence-electron chi connectivity index (χ3n) is 6.72. The van der Waals surface area contributed by atoms with Gasteiger partial charge < -0.3 is 19.6 Å². The van der Waals surface area contributed by atoms with E-state index in [9.17, 15) is 13.2 Å². The van der Waals surface area contributed by atoms with Gasteiger partial charge in [0, 0.05) is 29.4 Å². The summed E-state index contributed by atoms with van der Waals surface area (Å²) < 4.78 is 46.1. The number of hydrogen-bond donors (Lipinski definition) is 1. The van der Waals surface area contributed by atoms with E-state index in [0.29, 0.717) is 18.8 Å². The molecule has 4 rings (SSSR count). The van der Waals surface area contributed by atoms with Crippen molar-refractivity contribution in [1.82, 2.24) is 4.90 Å². The lowest BCUT2D eigenvalue weighted by molar-refractivity contribution is -0.137. The minimum absolute atomic E-state index is 0.0403. The van der Waals surface area contributed by atoms with Crippen LogP contribution in [0.15, 0.2) is 52.3 Å². The number of nitrogens with zero attached hydrogens (tertiary/aromatic N) is 2. The normalized spacial score (nSPS) is 18.2. The van der Waals surface area contributed by atoms with Gasteiger partial charge in [0.05, 0.1) is 35.8 Å². The number of aliphatic hydroxyl groups excluding tert-OH is 1. The smallest absolute Gasteiger partial charge is 0.394 e. The number of piperidine rings is 1. The van der Waals surface area contributed by atoms with Crippen LogP contribution in [0.25, 0.3) is 0 Å². The summed E-state index contributed by atoms with van der Waals surface area (Å²) in [4.78, 5) is 6.37. The minimum atomic E-state index is -4.36. The van der Waals surface area contributed by atoms with E-state index in [0.717, 1.165) is 60.8 Å². The van der Waals surface area contributed by atoms with Crippen molar-refractivity contribution in [3.05, 3.63) is 48.0 Å². The molecule has 2 heterocycles. The van der Waals surface area contributed by atoms with Crippen molar-refractivity contribution < 1.29 is 23.0 Å². The molecule has 0 spiro atoms. The van der Waals surface area contributed by atoms with Crippen LogP contribution in [-0.4, -0.2) is 55.0 Å². The first kappa shape index (κ1) is 24.4. The lowest BCUT2D eigenvalue weighted by Gasteiger charge is -2.41. The summed E-state index contributed by atoms with van der Waals surface area (Å²) >= 11 is 1.52. The van der Waals surface area contributed by atoms with Gasteiger partial charge in [-0.1, -0.05) is 30.8 Å². The molecule has 1 N–H and O–H groups in total. The molecule has 33 heavy (non-hydrogen) atoms. The molecule has 4 nitrogen and oxygen atoms in total. The zero-order valence-corrected chi connectivity index (χ0v) is 19.7. The van der Waals surface area contributed by atoms with Crippen molar-refractivity contribution in [3.63, 3.8) is 0 Å². The Kier molecular flexibility index (Phi) is 7.58. The molecule has 0 amide bonds. The highest BCUT2D eigenvalue weighted by Crippen LogP contribution is 2.49. The van der Waals surface area contributed by atoms with Gasteiger partial charge in [-0.3, -0.25) is 0 Å². The molecule has 0 unspecified atom stereocenters. The average Bonchev–Trinajstić information content (AvgIpc) is 2.82. The van der Waals surface area contributed by atoms with Gasteiger partial charge in [0.2, 0.25) is 0 Å². The van der Waals surface area contributed by atoms with Gasteiger partial charge in [-0.25, -0.2) is 0 Å². The number of aliphatic hydroxyl groups is 1. The van der Waals surface area contributed by atoms with Crippen LogP contribution in [0.4, 0.5) is 24.5 Å². The highest BCUT2D eigenvalue weighted by Gasteiger charge is 2.35. The number of rotatable bonds is 8. The molecule has 2 aliphatic rings. The number of halogens is 3. The molecule has 8 heteroatoms. The first-order chi connectivity index (χ1) is 15.8. The molecule has 180 valence electrons. The number of likely N-dealkylation sites (tertiary alicyclic amines) is 1. The molecule has 0 bridgehead atoms. The summed E-state index contributed by atoms with van der Waals surface area (Å²) in [5, 5.41) is 9.10. The van der Waals surface area contributed by atoms with Gasteiger partial charge >= 0.3 is 6.18 Å². The predicted octanol–water partition coefficient (Wildman–Crippen LogP) is 5.95. The Bertz CT molecular complexity index is 945. The molecule has 0 radical (unpaired) electrons. The Balaban J connectivity index is 1.43. The van der Waals surface area contributed by atoms with Crippen molar-refractivity contribution >= 4 is 23.1 Å². The van der Waals surface area contributed by atoms with E-state index in [2.05, 4.69) is 11.8 Å². The molecule has 2 aliphatic heterocycles. The third-order valence-corrected chi connectivity index (χ3v) is 7.85. The minimum Gasteiger partial charge on any atom is -0.394 e. The molecule has 1 fully saturated rings. The van der Waals surface area contributed by atoms with Gasteiger partial charge in [-0.2, -0.15) is 13.2 Å². The Hall–Kier alpha value is -1.74. The summed E-state index contributed by atoms with van der Waals surface area (Å²) in [6.07, 6.45) is -0.707. The zero-order valence-electron chi connectivity index (χ0n) is 18.9. The molecule has 0 aliphatic carbocycles. The molecule has 0 aromatic heterocycles. The van der Waals surface area contributed by atoms with Crippen LogP contribution < -0.4 is 4.90 Å². The first-order valence-corrected chi connectivity index (χ1v) is 12.4. The fraction of sp³-hybridized carbons (Fsp3) is 0.520. The molecule has 2 aromatic carbocycles. The summed E-state index contributed by atoms with van der Waals surface area (Å²) in [6, 6.07) is 12.0. The highest BCUT2D eigenvalue weighted by molar-refractivity contribution is 7.99. The number of hydrogen-bond acceptors (Lipinski definition) is 5. The number of fused-ring (bicyclic) bond motifs is 2. The fourth-order valence-corrected chi connectivity index (χ4v) is 5.82. The van der Waals surface area contributed by atoms with Crippen molar-refractivity contribution in [2.24, 2.45) is 0 Å². The Labute approximate surface area is 197 Å². The molecule has 0 saturated carbocycles. The Morgan fingerprint density at radius 2 is 1.76 bits per heavy atom. The van der Waals surface area contributed by atoms with Gasteiger partial charge in [-0.05, 0) is 62.6 Å². The van der Waals surface area contributed by atoms with Crippen LogP contribution in [-0.2, 0) is 10.9 Å². The van der Waals surface area contributed by atoms with Gasteiger partial charge in [0.15, 0.2) is 0 Å². The average molecular weight is 481 g/mol. The van der Waals surface area contributed by atoms with Gasteiger partial charge in [-0.15, -0.1) is 0 Å². The predicted molar refractivity (Wildman–Crippen MR) is 125 cm³/mol. The van der Waals surface area contributed by atoms with Crippen LogP contribution in [0.2, 0.25) is 0 Å². The highest BCUT2D eigenvalue weighted by atomic mass is 32.2. The molecule has 0 atom stereocenters. The lowest BCUT2D eigenvalue weighted by Crippen LogP contribution is -2.46. The molecular formula is C25H31F3N2O2S. The Morgan fingerprint density at radius 1 is 1.03 bits per heavy atom. The van der Waals surface area contributed by atoms with Crippen molar-refractivity contribution in [2.45, 2.75) is 54.2 Å². The quantitative estimate of drug-likeness (QED) is 0.505. The Morgan fingerprint density at radius 3 is 2.45 bits per heavy atom. The summed E-state index contributed by atoms with van der Waals surface area (Å²) in [7, 11) is 0. The maximum atomic E-state index is 13.4. The lowest BCUT2D eigenvalue weighted by atomic mass is 9.88. The monoisotopic (exact) mass is 480 g/mol. The summed E-state index contributed by atoms with van der Waals surface area (Å²) in [6.45, 7) is 5.95. The number of para-hydroxylation sites is 1. The number of ether oxygens (including phenoxy) is 1. The van der Waals surface area contributed by atoms with E-state index in [-0.39, 0.29) is 12.2 Å². The summed E-state index contributed by atoms with van der Waals surface area (Å²) in [5.41, 5.74) is 0.848.